The first-order chi connectivity index (χ1) is 7.65. The van der Waals surface area contributed by atoms with Crippen LogP contribution in [0.25, 0.3) is 0 Å². The summed E-state index contributed by atoms with van der Waals surface area (Å²) in [6.07, 6.45) is 1.47. The Morgan fingerprint density at radius 3 is 2.88 bits per heavy atom. The van der Waals surface area contributed by atoms with E-state index in [9.17, 15) is 4.79 Å². The van der Waals surface area contributed by atoms with Gasteiger partial charge >= 0.3 is 0 Å². The van der Waals surface area contributed by atoms with Crippen molar-refractivity contribution in [1.82, 2.24) is 9.97 Å². The minimum Gasteiger partial charge on any atom is -0.375 e. The van der Waals surface area contributed by atoms with E-state index in [0.717, 1.165) is 0 Å². The van der Waals surface area contributed by atoms with Gasteiger partial charge in [0, 0.05) is 5.38 Å². The number of carbonyl (C=O) groups is 1. The van der Waals surface area contributed by atoms with Gasteiger partial charge in [-0.15, -0.1) is 11.3 Å². The molecule has 1 amide bonds. The first-order valence-electron chi connectivity index (χ1n) is 4.29. The second-order valence-corrected chi connectivity index (χ2v) is 4.17. The zero-order valence-corrected chi connectivity index (χ0v) is 9.55. The Bertz CT molecular complexity index is 510. The second kappa shape index (κ2) is 4.46. The van der Waals surface area contributed by atoms with E-state index in [4.69, 9.17) is 17.3 Å². The Morgan fingerprint density at radius 2 is 2.31 bits per heavy atom. The average molecular weight is 255 g/mol. The maximum absolute atomic E-state index is 11.6. The van der Waals surface area contributed by atoms with Crippen LogP contribution in [0.4, 0.5) is 10.8 Å². The van der Waals surface area contributed by atoms with Crippen molar-refractivity contribution in [1.29, 1.82) is 0 Å². The van der Waals surface area contributed by atoms with Gasteiger partial charge in [0.1, 0.15) is 10.8 Å². The van der Waals surface area contributed by atoms with Gasteiger partial charge < -0.3 is 11.1 Å². The van der Waals surface area contributed by atoms with E-state index < -0.39 is 0 Å². The van der Waals surface area contributed by atoms with Crippen LogP contribution in [-0.2, 0) is 0 Å². The number of nitrogens with two attached hydrogens (primary N) is 1. The van der Waals surface area contributed by atoms with Crippen LogP contribution in [0, 0.1) is 0 Å². The molecule has 0 atom stereocenters. The summed E-state index contributed by atoms with van der Waals surface area (Å²) in [7, 11) is 0. The van der Waals surface area contributed by atoms with Crippen LogP contribution < -0.4 is 11.1 Å². The molecule has 0 aromatic carbocycles. The number of halogens is 1. The van der Waals surface area contributed by atoms with E-state index >= 15 is 0 Å². The van der Waals surface area contributed by atoms with Gasteiger partial charge in [0.15, 0.2) is 5.13 Å². The number of nitrogens with zero attached hydrogens (tertiary/aromatic N) is 2. The summed E-state index contributed by atoms with van der Waals surface area (Å²) in [5.41, 5.74) is 6.27. The predicted molar refractivity (Wildman–Crippen MR) is 63.7 cm³/mol. The molecule has 2 aromatic heterocycles. The van der Waals surface area contributed by atoms with Gasteiger partial charge in [-0.2, -0.15) is 0 Å². The number of thiazole rings is 1. The normalized spacial score (nSPS) is 10.1. The van der Waals surface area contributed by atoms with Gasteiger partial charge in [0.25, 0.3) is 5.91 Å². The van der Waals surface area contributed by atoms with Crippen molar-refractivity contribution in [3.05, 3.63) is 34.6 Å². The molecule has 82 valence electrons. The Hall–Kier alpha value is -1.66. The lowest BCUT2D eigenvalue weighted by Crippen LogP contribution is -2.12. The Balaban J connectivity index is 2.10. The van der Waals surface area contributed by atoms with Crippen LogP contribution in [0.3, 0.4) is 0 Å². The number of anilines is 2. The highest BCUT2D eigenvalue weighted by molar-refractivity contribution is 7.13. The topological polar surface area (TPSA) is 80.9 Å². The van der Waals surface area contributed by atoms with E-state index in [2.05, 4.69) is 15.3 Å². The van der Waals surface area contributed by atoms with Crippen LogP contribution in [-0.4, -0.2) is 15.9 Å². The lowest BCUT2D eigenvalue weighted by molar-refractivity contribution is 0.102. The van der Waals surface area contributed by atoms with Crippen LogP contribution in [0.5, 0.6) is 0 Å². The molecule has 3 N–H and O–H groups in total. The third kappa shape index (κ3) is 2.47. The quantitative estimate of drug-likeness (QED) is 0.804. The van der Waals surface area contributed by atoms with Gasteiger partial charge in [-0.25, -0.2) is 9.97 Å². The summed E-state index contributed by atoms with van der Waals surface area (Å²) in [5.74, 6) is -0.322. The van der Waals surface area contributed by atoms with Crippen molar-refractivity contribution < 1.29 is 4.79 Å². The number of rotatable bonds is 2. The van der Waals surface area contributed by atoms with Crippen LogP contribution in [0.15, 0.2) is 23.7 Å². The molecular formula is C9H7ClN4OS. The number of hydrogen-bond acceptors (Lipinski definition) is 5. The number of amides is 1. The minimum absolute atomic E-state index is 0.289. The van der Waals surface area contributed by atoms with Gasteiger partial charge in [0.2, 0.25) is 0 Å². The fourth-order valence-corrected chi connectivity index (χ4v) is 1.69. The molecule has 0 radical (unpaired) electrons. The molecule has 5 nitrogen and oxygen atoms in total. The van der Waals surface area contributed by atoms with E-state index in [1.807, 2.05) is 0 Å². The lowest BCUT2D eigenvalue weighted by atomic mass is 10.4. The first kappa shape index (κ1) is 10.8. The predicted octanol–water partition coefficient (Wildman–Crippen LogP) is 2.03. The highest BCUT2D eigenvalue weighted by Crippen LogP contribution is 2.14. The zero-order chi connectivity index (χ0) is 11.5. The van der Waals surface area contributed by atoms with Gasteiger partial charge in [-0.1, -0.05) is 11.6 Å². The molecule has 0 fully saturated rings. The molecular weight excluding hydrogens is 248 g/mol. The van der Waals surface area contributed by atoms with Gasteiger partial charge in [0.05, 0.1) is 11.9 Å². The third-order valence-corrected chi connectivity index (χ3v) is 2.64. The van der Waals surface area contributed by atoms with Crippen molar-refractivity contribution >= 4 is 39.7 Å². The largest absolute Gasteiger partial charge is 0.375 e. The second-order valence-electron chi connectivity index (χ2n) is 2.89. The van der Waals surface area contributed by atoms with Crippen LogP contribution >= 0.6 is 22.9 Å². The number of carbonyl (C=O) groups excluding carboxylic acids is 1. The molecule has 0 unspecified atom stereocenters. The Kier molecular flexibility index (Phi) is 3.02. The van der Waals surface area contributed by atoms with Crippen molar-refractivity contribution in [2.24, 2.45) is 0 Å². The fourth-order valence-electron chi connectivity index (χ4n) is 1.04. The van der Waals surface area contributed by atoms with Crippen molar-refractivity contribution in [2.45, 2.75) is 0 Å². The first-order valence-corrected chi connectivity index (χ1v) is 5.55. The molecule has 7 heteroatoms. The maximum Gasteiger partial charge on any atom is 0.275 e. The Labute approximate surface area is 100 Å². The van der Waals surface area contributed by atoms with E-state index in [-0.39, 0.29) is 11.6 Å². The molecule has 0 saturated carbocycles. The molecule has 2 aromatic rings. The molecule has 0 bridgehead atoms. The van der Waals surface area contributed by atoms with Crippen molar-refractivity contribution in [3.8, 4) is 0 Å². The van der Waals surface area contributed by atoms with Crippen molar-refractivity contribution in [2.75, 3.05) is 11.1 Å². The highest BCUT2D eigenvalue weighted by Gasteiger charge is 2.09. The monoisotopic (exact) mass is 254 g/mol. The summed E-state index contributed by atoms with van der Waals surface area (Å²) in [6, 6.07) is 3.25. The number of nitrogen functional groups attached to an aromatic ring is 1. The summed E-state index contributed by atoms with van der Waals surface area (Å²) in [4.78, 5) is 19.3. The molecule has 0 aliphatic rings. The molecule has 2 rings (SSSR count). The summed E-state index contributed by atoms with van der Waals surface area (Å²) in [6.45, 7) is 0. The zero-order valence-electron chi connectivity index (χ0n) is 7.98. The molecule has 0 spiro atoms. The number of hydrogen-bond donors (Lipinski definition) is 2. The molecule has 16 heavy (non-hydrogen) atoms. The number of pyridine rings is 1. The average Bonchev–Trinajstić information content (AvgIpc) is 2.68. The number of aromatic nitrogens is 2. The van der Waals surface area contributed by atoms with Gasteiger partial charge in [-0.3, -0.25) is 4.79 Å². The SMILES string of the molecule is Nc1nc(C(=O)Nc2ccc(Cl)nc2)cs1. The highest BCUT2D eigenvalue weighted by atomic mass is 35.5. The minimum atomic E-state index is -0.322. The Morgan fingerprint density at radius 1 is 1.50 bits per heavy atom. The van der Waals surface area contributed by atoms with E-state index in [0.29, 0.717) is 16.0 Å². The van der Waals surface area contributed by atoms with Crippen LogP contribution in [0.2, 0.25) is 5.15 Å². The fraction of sp³-hybridized carbons (Fsp3) is 0. The van der Waals surface area contributed by atoms with Crippen molar-refractivity contribution in [3.63, 3.8) is 0 Å². The van der Waals surface area contributed by atoms with Gasteiger partial charge in [-0.05, 0) is 12.1 Å². The van der Waals surface area contributed by atoms with E-state index in [1.54, 1.807) is 17.5 Å². The molecule has 2 heterocycles. The number of nitrogens with one attached hydrogen (secondary N) is 1. The molecule has 0 aliphatic heterocycles. The summed E-state index contributed by atoms with van der Waals surface area (Å²) < 4.78 is 0. The molecule has 0 aliphatic carbocycles. The molecule has 0 saturated heterocycles. The maximum atomic E-state index is 11.6. The third-order valence-electron chi connectivity index (χ3n) is 1.74. The standard InChI is InChI=1S/C9H7ClN4OS/c10-7-2-1-5(3-12-7)13-8(15)6-4-16-9(11)14-6/h1-4H,(H2,11,14)(H,13,15). The van der Waals surface area contributed by atoms with Crippen LogP contribution in [0.1, 0.15) is 10.5 Å². The summed E-state index contributed by atoms with van der Waals surface area (Å²) >= 11 is 6.83. The smallest absolute Gasteiger partial charge is 0.275 e. The van der Waals surface area contributed by atoms with E-state index in [1.165, 1.54) is 17.5 Å². The summed E-state index contributed by atoms with van der Waals surface area (Å²) in [5, 5.41) is 4.95. The lowest BCUT2D eigenvalue weighted by Gasteiger charge is -2.01.